The van der Waals surface area contributed by atoms with Crippen LogP contribution in [0.25, 0.3) is 0 Å². The van der Waals surface area contributed by atoms with Crippen molar-refractivity contribution < 1.29 is 14.0 Å². The molecule has 0 unspecified atom stereocenters. The van der Waals surface area contributed by atoms with Crippen molar-refractivity contribution in [2.75, 3.05) is 19.6 Å². The van der Waals surface area contributed by atoms with Crippen LogP contribution >= 0.6 is 0 Å². The van der Waals surface area contributed by atoms with E-state index in [1.165, 1.54) is 17.1 Å². The molecule has 6 nitrogen and oxygen atoms in total. The summed E-state index contributed by atoms with van der Waals surface area (Å²) >= 11 is 0. The van der Waals surface area contributed by atoms with Crippen molar-refractivity contribution in [2.24, 2.45) is 0 Å². The lowest BCUT2D eigenvalue weighted by Gasteiger charge is -2.22. The number of carbonyl (C=O) groups is 2. The van der Waals surface area contributed by atoms with Crippen molar-refractivity contribution in [3.63, 3.8) is 0 Å². The highest BCUT2D eigenvalue weighted by Crippen LogP contribution is 2.07. The van der Waals surface area contributed by atoms with Gasteiger partial charge in [-0.2, -0.15) is 0 Å². The zero-order valence-corrected chi connectivity index (χ0v) is 12.6. The summed E-state index contributed by atoms with van der Waals surface area (Å²) in [5.41, 5.74) is 3.73. The van der Waals surface area contributed by atoms with E-state index >= 15 is 0 Å². The van der Waals surface area contributed by atoms with Crippen molar-refractivity contribution in [1.29, 1.82) is 0 Å². The van der Waals surface area contributed by atoms with Gasteiger partial charge in [0.15, 0.2) is 0 Å². The van der Waals surface area contributed by atoms with E-state index in [4.69, 9.17) is 0 Å². The van der Waals surface area contributed by atoms with E-state index in [-0.39, 0.29) is 17.8 Å². The van der Waals surface area contributed by atoms with Gasteiger partial charge in [-0.05, 0) is 31.0 Å². The number of likely N-dealkylation sites (N-methyl/N-ethyl adjacent to an activating group) is 1. The summed E-state index contributed by atoms with van der Waals surface area (Å²) in [5, 5.41) is 6.90. The average molecular weight is 308 g/mol. The lowest BCUT2D eigenvalue weighted by atomic mass is 10.1. The molecule has 7 heteroatoms. The second kappa shape index (κ2) is 7.74. The van der Waals surface area contributed by atoms with Crippen molar-refractivity contribution in [3.8, 4) is 0 Å². The number of nitrogens with one attached hydrogen (secondary N) is 3. The summed E-state index contributed by atoms with van der Waals surface area (Å²) < 4.78 is 13.0. The molecule has 22 heavy (non-hydrogen) atoms. The minimum absolute atomic E-state index is 0.251. The molecule has 3 N–H and O–H groups in total. The predicted octanol–water partition coefficient (Wildman–Crippen LogP) is 0.793. The predicted molar refractivity (Wildman–Crippen MR) is 80.4 cm³/mol. The fraction of sp³-hybridized carbons (Fsp3) is 0.467. The SMILES string of the molecule is CCNC(=O)[C@H](Cc1ccc(F)cc1)NC(=O)N1CCCN1. The Labute approximate surface area is 129 Å². The molecule has 2 rings (SSSR count). The maximum atomic E-state index is 13.0. The zero-order valence-electron chi connectivity index (χ0n) is 12.6. The maximum Gasteiger partial charge on any atom is 0.332 e. The molecule has 0 aliphatic carbocycles. The van der Waals surface area contributed by atoms with Gasteiger partial charge in [0.2, 0.25) is 5.91 Å². The van der Waals surface area contributed by atoms with Crippen LogP contribution in [0.4, 0.5) is 9.18 Å². The summed E-state index contributed by atoms with van der Waals surface area (Å²) in [6.45, 7) is 3.66. The molecule has 1 heterocycles. The quantitative estimate of drug-likeness (QED) is 0.753. The number of carbonyl (C=O) groups excluding carboxylic acids is 2. The number of urea groups is 1. The van der Waals surface area contributed by atoms with Crippen molar-refractivity contribution >= 4 is 11.9 Å². The maximum absolute atomic E-state index is 13.0. The molecule has 0 saturated carbocycles. The first kappa shape index (κ1) is 16.2. The largest absolute Gasteiger partial charge is 0.355 e. The third-order valence-electron chi connectivity index (χ3n) is 3.42. The summed E-state index contributed by atoms with van der Waals surface area (Å²) in [4.78, 5) is 24.2. The Hall–Kier alpha value is -2.15. The van der Waals surface area contributed by atoms with Crippen LogP contribution < -0.4 is 16.1 Å². The van der Waals surface area contributed by atoms with Crippen LogP contribution in [0.3, 0.4) is 0 Å². The Morgan fingerprint density at radius 1 is 1.36 bits per heavy atom. The van der Waals surface area contributed by atoms with Gasteiger partial charge in [0, 0.05) is 26.1 Å². The van der Waals surface area contributed by atoms with E-state index in [2.05, 4.69) is 16.1 Å². The van der Waals surface area contributed by atoms with E-state index in [0.29, 0.717) is 19.5 Å². The average Bonchev–Trinajstić information content (AvgIpc) is 3.03. The molecular weight excluding hydrogens is 287 g/mol. The summed E-state index contributed by atoms with van der Waals surface area (Å²) in [6.07, 6.45) is 1.20. The molecule has 0 bridgehead atoms. The second-order valence-corrected chi connectivity index (χ2v) is 5.14. The Bertz CT molecular complexity index is 515. The third kappa shape index (κ3) is 4.42. The van der Waals surface area contributed by atoms with E-state index < -0.39 is 6.04 Å². The van der Waals surface area contributed by atoms with Crippen LogP contribution in [0, 0.1) is 5.82 Å². The molecule has 1 saturated heterocycles. The number of hydrogen-bond acceptors (Lipinski definition) is 3. The van der Waals surface area contributed by atoms with Gasteiger partial charge in [0.05, 0.1) is 0 Å². The zero-order chi connectivity index (χ0) is 15.9. The molecule has 1 aliphatic heterocycles. The molecule has 1 aromatic carbocycles. The van der Waals surface area contributed by atoms with E-state index in [9.17, 15) is 14.0 Å². The summed E-state index contributed by atoms with van der Waals surface area (Å²) in [7, 11) is 0. The number of amides is 3. The monoisotopic (exact) mass is 308 g/mol. The highest BCUT2D eigenvalue weighted by Gasteiger charge is 2.25. The highest BCUT2D eigenvalue weighted by atomic mass is 19.1. The number of halogens is 1. The van der Waals surface area contributed by atoms with E-state index in [0.717, 1.165) is 18.5 Å². The van der Waals surface area contributed by atoms with Crippen molar-refractivity contribution in [2.45, 2.75) is 25.8 Å². The smallest absolute Gasteiger partial charge is 0.332 e. The van der Waals surface area contributed by atoms with Crippen molar-refractivity contribution in [3.05, 3.63) is 35.6 Å². The van der Waals surface area contributed by atoms with Crippen LogP contribution in [-0.2, 0) is 11.2 Å². The molecular formula is C15H21FN4O2. The van der Waals surface area contributed by atoms with Gasteiger partial charge in [-0.15, -0.1) is 0 Å². The van der Waals surface area contributed by atoms with Crippen molar-refractivity contribution in [1.82, 2.24) is 21.1 Å². The molecule has 120 valence electrons. The van der Waals surface area contributed by atoms with Gasteiger partial charge in [-0.3, -0.25) is 9.80 Å². The van der Waals surface area contributed by atoms with Crippen LogP contribution in [0.1, 0.15) is 18.9 Å². The number of benzene rings is 1. The normalized spacial score (nSPS) is 15.5. The molecule has 1 aromatic rings. The van der Waals surface area contributed by atoms with Crippen LogP contribution in [0.5, 0.6) is 0 Å². The second-order valence-electron chi connectivity index (χ2n) is 5.14. The fourth-order valence-electron chi connectivity index (χ4n) is 2.29. The topological polar surface area (TPSA) is 73.5 Å². The van der Waals surface area contributed by atoms with Gasteiger partial charge in [0.1, 0.15) is 11.9 Å². The van der Waals surface area contributed by atoms with E-state index in [1.54, 1.807) is 12.1 Å². The molecule has 0 spiro atoms. The Morgan fingerprint density at radius 3 is 2.68 bits per heavy atom. The van der Waals surface area contributed by atoms with Gasteiger partial charge in [-0.1, -0.05) is 12.1 Å². The number of hydrogen-bond donors (Lipinski definition) is 3. The molecule has 1 fully saturated rings. The highest BCUT2D eigenvalue weighted by molar-refractivity contribution is 5.87. The minimum Gasteiger partial charge on any atom is -0.355 e. The number of rotatable bonds is 5. The van der Waals surface area contributed by atoms with Crippen LogP contribution in [-0.4, -0.2) is 42.6 Å². The molecule has 0 radical (unpaired) electrons. The Kier molecular flexibility index (Phi) is 5.71. The molecule has 3 amide bonds. The lowest BCUT2D eigenvalue weighted by Crippen LogP contribution is -2.53. The molecule has 1 aliphatic rings. The third-order valence-corrected chi connectivity index (χ3v) is 3.42. The van der Waals surface area contributed by atoms with Gasteiger partial charge in [0.25, 0.3) is 0 Å². The summed E-state index contributed by atoms with van der Waals surface area (Å²) in [5.74, 6) is -0.581. The van der Waals surface area contributed by atoms with Gasteiger partial charge in [-0.25, -0.2) is 14.6 Å². The van der Waals surface area contributed by atoms with Gasteiger partial charge < -0.3 is 10.6 Å². The van der Waals surface area contributed by atoms with Gasteiger partial charge >= 0.3 is 6.03 Å². The standard InChI is InChI=1S/C15H21FN4O2/c1-2-17-14(21)13(10-11-4-6-12(16)7-5-11)19-15(22)20-9-3-8-18-20/h4-7,13,18H,2-3,8-10H2,1H3,(H,17,21)(H,19,22)/t13-/m0/s1. The first-order chi connectivity index (χ1) is 10.6. The number of nitrogens with zero attached hydrogens (tertiary/aromatic N) is 1. The molecule has 1 atom stereocenters. The Morgan fingerprint density at radius 2 is 2.09 bits per heavy atom. The fourth-order valence-corrected chi connectivity index (χ4v) is 2.29. The van der Waals surface area contributed by atoms with Crippen LogP contribution in [0.2, 0.25) is 0 Å². The van der Waals surface area contributed by atoms with Crippen LogP contribution in [0.15, 0.2) is 24.3 Å². The number of hydrazine groups is 1. The first-order valence-electron chi connectivity index (χ1n) is 7.44. The summed E-state index contributed by atoms with van der Waals surface area (Å²) in [6, 6.07) is 4.89. The first-order valence-corrected chi connectivity index (χ1v) is 7.44. The Balaban J connectivity index is 2.03. The lowest BCUT2D eigenvalue weighted by molar-refractivity contribution is -0.122. The minimum atomic E-state index is -0.694. The van der Waals surface area contributed by atoms with E-state index in [1.807, 2.05) is 6.92 Å². The molecule has 0 aromatic heterocycles.